The molecule has 2 atom stereocenters. The topological polar surface area (TPSA) is 94.8 Å². The maximum absolute atomic E-state index is 10.3. The second-order valence-corrected chi connectivity index (χ2v) is 2.57. The average Bonchev–Trinajstić information content (AvgIpc) is 2.59. The molecule has 0 aromatic carbocycles. The highest BCUT2D eigenvalue weighted by molar-refractivity contribution is 5.86. The summed E-state index contributed by atoms with van der Waals surface area (Å²) in [7, 11) is 0. The summed E-state index contributed by atoms with van der Waals surface area (Å²) in [5, 5.41) is 25.3. The Morgan fingerprint density at radius 1 is 1.09 bits per heavy atom. The molecule has 1 saturated carbocycles. The number of hydrogen-bond acceptors (Lipinski definition) is 3. The Bertz CT molecular complexity index is 179. The predicted molar refractivity (Wildman–Crippen MR) is 32.8 cm³/mol. The van der Waals surface area contributed by atoms with Gasteiger partial charge >= 0.3 is 11.9 Å². The molecule has 1 aliphatic rings. The molecule has 0 bridgehead atoms. The number of rotatable bonds is 3. The molecular formula is C6H8O5. The van der Waals surface area contributed by atoms with Gasteiger partial charge in [0.05, 0.1) is 11.8 Å². The van der Waals surface area contributed by atoms with E-state index in [9.17, 15) is 9.59 Å². The molecule has 0 aliphatic heterocycles. The Labute approximate surface area is 62.3 Å². The van der Waals surface area contributed by atoms with Gasteiger partial charge in [0, 0.05) is 12.5 Å². The molecule has 1 fully saturated rings. The van der Waals surface area contributed by atoms with Crippen molar-refractivity contribution >= 4 is 11.9 Å². The highest BCUT2D eigenvalue weighted by Gasteiger charge is 2.59. The minimum absolute atomic E-state index is 0.367. The summed E-state index contributed by atoms with van der Waals surface area (Å²) in [5.74, 6) is -4.66. The van der Waals surface area contributed by atoms with E-state index in [1.54, 1.807) is 0 Å². The van der Waals surface area contributed by atoms with Crippen LogP contribution in [0.5, 0.6) is 0 Å². The molecule has 0 saturated heterocycles. The van der Waals surface area contributed by atoms with Crippen LogP contribution in [0.3, 0.4) is 0 Å². The van der Waals surface area contributed by atoms with Crippen LogP contribution in [-0.4, -0.2) is 33.9 Å². The fourth-order valence-corrected chi connectivity index (χ4v) is 1.27. The molecule has 0 heterocycles. The van der Waals surface area contributed by atoms with E-state index in [-0.39, 0.29) is 6.61 Å². The molecule has 1 aliphatic carbocycles. The molecule has 5 nitrogen and oxygen atoms in total. The molecule has 11 heavy (non-hydrogen) atoms. The number of carboxylic acids is 2. The highest BCUT2D eigenvalue weighted by Crippen LogP contribution is 2.46. The van der Waals surface area contributed by atoms with Gasteiger partial charge in [0.25, 0.3) is 0 Å². The first kappa shape index (κ1) is 8.00. The van der Waals surface area contributed by atoms with Gasteiger partial charge in [-0.2, -0.15) is 0 Å². The van der Waals surface area contributed by atoms with Gasteiger partial charge in [-0.05, 0) is 0 Å². The van der Waals surface area contributed by atoms with Crippen LogP contribution in [-0.2, 0) is 9.59 Å². The predicted octanol–water partition coefficient (Wildman–Crippen LogP) is -0.990. The van der Waals surface area contributed by atoms with E-state index in [1.807, 2.05) is 0 Å². The largest absolute Gasteiger partial charge is 0.481 e. The summed E-state index contributed by atoms with van der Waals surface area (Å²) in [5.41, 5.74) is 0. The van der Waals surface area contributed by atoms with Crippen molar-refractivity contribution in [3.63, 3.8) is 0 Å². The number of aliphatic carboxylic acids is 2. The van der Waals surface area contributed by atoms with Crippen LogP contribution in [0, 0.1) is 17.8 Å². The van der Waals surface area contributed by atoms with Crippen molar-refractivity contribution in [3.05, 3.63) is 0 Å². The molecule has 3 N–H and O–H groups in total. The lowest BCUT2D eigenvalue weighted by molar-refractivity contribution is -0.144. The number of aliphatic hydroxyl groups is 1. The SMILES string of the molecule is O=C(O)[C@H]1C(CO)[C@@H]1C(=O)O. The average molecular weight is 160 g/mol. The van der Waals surface area contributed by atoms with Crippen molar-refractivity contribution in [1.82, 2.24) is 0 Å². The van der Waals surface area contributed by atoms with Crippen molar-refractivity contribution in [1.29, 1.82) is 0 Å². The molecule has 0 aromatic rings. The lowest BCUT2D eigenvalue weighted by Crippen LogP contribution is -2.05. The van der Waals surface area contributed by atoms with Crippen molar-refractivity contribution in [2.45, 2.75) is 0 Å². The lowest BCUT2D eigenvalue weighted by atomic mass is 10.3. The quantitative estimate of drug-likeness (QED) is 0.492. The number of carbonyl (C=O) groups is 2. The Kier molecular flexibility index (Phi) is 1.82. The summed E-state index contributed by atoms with van der Waals surface area (Å²) in [6.07, 6.45) is 0. The lowest BCUT2D eigenvalue weighted by Gasteiger charge is -1.84. The van der Waals surface area contributed by atoms with Gasteiger partial charge in [-0.25, -0.2) is 0 Å². The van der Waals surface area contributed by atoms with Gasteiger partial charge in [-0.15, -0.1) is 0 Å². The van der Waals surface area contributed by atoms with Crippen molar-refractivity contribution in [2.75, 3.05) is 6.61 Å². The first-order valence-corrected chi connectivity index (χ1v) is 3.16. The molecule has 0 radical (unpaired) electrons. The molecule has 5 heteroatoms. The highest BCUT2D eigenvalue weighted by atomic mass is 16.4. The summed E-state index contributed by atoms with van der Waals surface area (Å²) >= 11 is 0. The molecular weight excluding hydrogens is 152 g/mol. The van der Waals surface area contributed by atoms with Crippen molar-refractivity contribution in [3.8, 4) is 0 Å². The summed E-state index contributed by atoms with van der Waals surface area (Å²) in [4.78, 5) is 20.5. The van der Waals surface area contributed by atoms with E-state index in [0.717, 1.165) is 0 Å². The minimum atomic E-state index is -1.14. The molecule has 0 unspecified atom stereocenters. The maximum Gasteiger partial charge on any atom is 0.307 e. The van der Waals surface area contributed by atoms with Gasteiger partial charge in [-0.3, -0.25) is 9.59 Å². The van der Waals surface area contributed by atoms with Crippen LogP contribution in [0.25, 0.3) is 0 Å². The zero-order valence-electron chi connectivity index (χ0n) is 5.60. The standard InChI is InChI=1S/C6H8O5/c7-1-2-3(5(8)9)4(2)6(10)11/h2-4,7H,1H2,(H,8,9)(H,10,11)/t3-,4-/m0/s1. The number of hydrogen-bond donors (Lipinski definition) is 3. The molecule has 0 aromatic heterocycles. The zero-order chi connectivity index (χ0) is 8.59. The minimum Gasteiger partial charge on any atom is -0.481 e. The van der Waals surface area contributed by atoms with Crippen LogP contribution >= 0.6 is 0 Å². The Hall–Kier alpha value is -1.10. The van der Waals surface area contributed by atoms with Gasteiger partial charge in [0.15, 0.2) is 0 Å². The van der Waals surface area contributed by atoms with E-state index < -0.39 is 29.7 Å². The maximum atomic E-state index is 10.3. The van der Waals surface area contributed by atoms with E-state index in [0.29, 0.717) is 0 Å². The van der Waals surface area contributed by atoms with Gasteiger partial charge in [0.2, 0.25) is 0 Å². The fraction of sp³-hybridized carbons (Fsp3) is 0.667. The zero-order valence-corrected chi connectivity index (χ0v) is 5.60. The number of aliphatic hydroxyl groups excluding tert-OH is 1. The molecule has 0 spiro atoms. The van der Waals surface area contributed by atoms with Crippen molar-refractivity contribution < 1.29 is 24.9 Å². The first-order chi connectivity index (χ1) is 5.09. The summed E-state index contributed by atoms with van der Waals surface area (Å²) < 4.78 is 0. The summed E-state index contributed by atoms with van der Waals surface area (Å²) in [6.45, 7) is -0.367. The Morgan fingerprint density at radius 3 is 1.55 bits per heavy atom. The molecule has 1 rings (SSSR count). The number of carboxylic acid groups (broad SMARTS) is 2. The van der Waals surface area contributed by atoms with Gasteiger partial charge < -0.3 is 15.3 Å². The van der Waals surface area contributed by atoms with E-state index in [2.05, 4.69) is 0 Å². The third-order valence-corrected chi connectivity index (χ3v) is 1.95. The van der Waals surface area contributed by atoms with Crippen molar-refractivity contribution in [2.24, 2.45) is 17.8 Å². The second-order valence-electron chi connectivity index (χ2n) is 2.57. The Morgan fingerprint density at radius 2 is 1.45 bits per heavy atom. The monoisotopic (exact) mass is 160 g/mol. The normalized spacial score (nSPS) is 34.8. The third-order valence-electron chi connectivity index (χ3n) is 1.95. The van der Waals surface area contributed by atoms with E-state index >= 15 is 0 Å². The molecule has 62 valence electrons. The van der Waals surface area contributed by atoms with Gasteiger partial charge in [-0.1, -0.05) is 0 Å². The van der Waals surface area contributed by atoms with E-state index in [1.165, 1.54) is 0 Å². The van der Waals surface area contributed by atoms with Crippen LogP contribution in [0.4, 0.5) is 0 Å². The van der Waals surface area contributed by atoms with Gasteiger partial charge in [0.1, 0.15) is 0 Å². The van der Waals surface area contributed by atoms with Crippen LogP contribution in [0.2, 0.25) is 0 Å². The van der Waals surface area contributed by atoms with E-state index in [4.69, 9.17) is 15.3 Å². The van der Waals surface area contributed by atoms with Crippen LogP contribution in [0.15, 0.2) is 0 Å². The second kappa shape index (κ2) is 2.50. The summed E-state index contributed by atoms with van der Waals surface area (Å²) in [6, 6.07) is 0. The van der Waals surface area contributed by atoms with Crippen LogP contribution in [0.1, 0.15) is 0 Å². The smallest absolute Gasteiger partial charge is 0.307 e. The fourth-order valence-electron chi connectivity index (χ4n) is 1.27. The third kappa shape index (κ3) is 1.19. The van der Waals surface area contributed by atoms with Crippen LogP contribution < -0.4 is 0 Å². The molecule has 0 amide bonds. The first-order valence-electron chi connectivity index (χ1n) is 3.16. The Balaban J connectivity index is 2.59.